The molecule has 2 fully saturated rings. The van der Waals surface area contributed by atoms with Gasteiger partial charge in [-0.3, -0.25) is 25.1 Å². The molecule has 0 saturated carbocycles. The van der Waals surface area contributed by atoms with Crippen LogP contribution in [-0.4, -0.2) is 29.8 Å². The van der Waals surface area contributed by atoms with Crippen molar-refractivity contribution in [2.24, 2.45) is 0 Å². The van der Waals surface area contributed by atoms with Gasteiger partial charge >= 0.3 is 0 Å². The van der Waals surface area contributed by atoms with Gasteiger partial charge in [0, 0.05) is 24.7 Å². The Morgan fingerprint density at radius 1 is 1.03 bits per heavy atom. The van der Waals surface area contributed by atoms with E-state index in [1.165, 1.54) is 17.2 Å². The van der Waals surface area contributed by atoms with Crippen LogP contribution in [0.5, 0.6) is 0 Å². The maximum absolute atomic E-state index is 12.9. The highest BCUT2D eigenvalue weighted by Gasteiger charge is 2.34. The number of hydrogen-bond acceptors (Lipinski definition) is 6. The van der Waals surface area contributed by atoms with E-state index in [-0.39, 0.29) is 16.2 Å². The van der Waals surface area contributed by atoms with Gasteiger partial charge in [-0.1, -0.05) is 19.1 Å². The number of hydrazine groups is 1. The van der Waals surface area contributed by atoms with Gasteiger partial charge in [0.1, 0.15) is 22.8 Å². The average molecular weight is 487 g/mol. The predicted octanol–water partition coefficient (Wildman–Crippen LogP) is 4.87. The molecule has 2 aromatic carbocycles. The topological polar surface area (TPSA) is 109 Å². The van der Waals surface area contributed by atoms with Crippen molar-refractivity contribution in [3.05, 3.63) is 81.6 Å². The number of carbonyl (C=O) groups is 2. The number of hydrogen-bond donors (Lipinski definition) is 1. The number of furan rings is 1. The lowest BCUT2D eigenvalue weighted by molar-refractivity contribution is -0.384. The van der Waals surface area contributed by atoms with E-state index in [4.69, 9.17) is 4.42 Å². The molecule has 1 aromatic heterocycles. The third-order valence-electron chi connectivity index (χ3n) is 6.56. The Morgan fingerprint density at radius 2 is 1.78 bits per heavy atom. The van der Waals surface area contributed by atoms with Crippen LogP contribution in [0.25, 0.3) is 17.4 Å². The summed E-state index contributed by atoms with van der Waals surface area (Å²) in [4.78, 5) is 38.9. The Bertz CT molecular complexity index is 1350. The van der Waals surface area contributed by atoms with Crippen LogP contribution >= 0.6 is 0 Å². The second-order valence-corrected chi connectivity index (χ2v) is 8.87. The standard InChI is InChI=1S/C27H26N4O5/c1-2-18-6-9-20(10-7-18)30-27(33)22(26(32)28-30)17-21-11-13-25(36-21)19-8-12-23(24(16-19)31(34)35)29-14-4-3-5-15-29/h6-13,16-17H,2-5,14-15H2,1H3,(H,28,32)/b22-17+. The Morgan fingerprint density at radius 3 is 2.47 bits per heavy atom. The van der Waals surface area contributed by atoms with Crippen molar-refractivity contribution in [2.45, 2.75) is 32.6 Å². The van der Waals surface area contributed by atoms with E-state index in [0.29, 0.717) is 28.5 Å². The van der Waals surface area contributed by atoms with Crippen LogP contribution < -0.4 is 15.3 Å². The van der Waals surface area contributed by atoms with Gasteiger partial charge in [-0.05, 0) is 73.7 Å². The monoisotopic (exact) mass is 486 g/mol. The summed E-state index contributed by atoms with van der Waals surface area (Å²) in [5.74, 6) is -0.301. The first-order chi connectivity index (χ1) is 17.4. The largest absolute Gasteiger partial charge is 0.457 e. The minimum absolute atomic E-state index is 0.0285. The first-order valence-electron chi connectivity index (χ1n) is 12.0. The van der Waals surface area contributed by atoms with Gasteiger partial charge in [-0.15, -0.1) is 0 Å². The summed E-state index contributed by atoms with van der Waals surface area (Å²) >= 11 is 0. The SMILES string of the molecule is CCc1ccc(N2NC(=O)/C(=C\c3ccc(-c4ccc(N5CCCCC5)c([N+](=O)[O-])c4)o3)C2=O)cc1. The molecule has 2 saturated heterocycles. The normalized spacial score (nSPS) is 17.1. The number of aryl methyl sites for hydroxylation is 1. The number of nitro groups is 1. The van der Waals surface area contributed by atoms with Crippen molar-refractivity contribution < 1.29 is 18.9 Å². The maximum atomic E-state index is 12.9. The van der Waals surface area contributed by atoms with E-state index in [0.717, 1.165) is 44.3 Å². The van der Waals surface area contributed by atoms with E-state index in [9.17, 15) is 19.7 Å². The Balaban J connectivity index is 1.39. The summed E-state index contributed by atoms with van der Waals surface area (Å²) in [5, 5.41) is 13.0. The highest BCUT2D eigenvalue weighted by molar-refractivity contribution is 6.31. The van der Waals surface area contributed by atoms with Crippen LogP contribution in [0.1, 0.15) is 37.5 Å². The summed E-state index contributed by atoms with van der Waals surface area (Å²) < 4.78 is 5.86. The van der Waals surface area contributed by atoms with Gasteiger partial charge in [0.2, 0.25) is 0 Å². The average Bonchev–Trinajstić information content (AvgIpc) is 3.49. The number of nitrogens with one attached hydrogen (secondary N) is 1. The first-order valence-corrected chi connectivity index (χ1v) is 12.0. The molecular weight excluding hydrogens is 460 g/mol. The highest BCUT2D eigenvalue weighted by atomic mass is 16.6. The summed E-state index contributed by atoms with van der Waals surface area (Å²) in [7, 11) is 0. The smallest absolute Gasteiger partial charge is 0.293 e. The van der Waals surface area contributed by atoms with E-state index in [2.05, 4.69) is 10.3 Å². The van der Waals surface area contributed by atoms with Gasteiger partial charge in [-0.2, -0.15) is 0 Å². The zero-order chi connectivity index (χ0) is 25.2. The van der Waals surface area contributed by atoms with Crippen LogP contribution in [0, 0.1) is 10.1 Å². The second kappa shape index (κ2) is 9.69. The van der Waals surface area contributed by atoms with Crippen LogP contribution in [0.2, 0.25) is 0 Å². The molecule has 184 valence electrons. The lowest BCUT2D eigenvalue weighted by Crippen LogP contribution is -2.35. The summed E-state index contributed by atoms with van der Waals surface area (Å²) in [5.41, 5.74) is 5.40. The van der Waals surface area contributed by atoms with Crippen molar-refractivity contribution in [1.29, 1.82) is 0 Å². The molecule has 3 heterocycles. The lowest BCUT2D eigenvalue weighted by atomic mass is 10.1. The molecule has 3 aromatic rings. The highest BCUT2D eigenvalue weighted by Crippen LogP contribution is 2.35. The molecule has 0 spiro atoms. The van der Waals surface area contributed by atoms with Gasteiger partial charge in [0.15, 0.2) is 0 Å². The zero-order valence-corrected chi connectivity index (χ0v) is 19.9. The molecule has 1 N–H and O–H groups in total. The molecule has 5 rings (SSSR count). The number of carbonyl (C=O) groups excluding carboxylic acids is 2. The van der Waals surface area contributed by atoms with Crippen LogP contribution in [-0.2, 0) is 16.0 Å². The van der Waals surface area contributed by atoms with Crippen molar-refractivity contribution in [3.8, 4) is 11.3 Å². The fourth-order valence-corrected chi connectivity index (χ4v) is 4.57. The van der Waals surface area contributed by atoms with E-state index in [1.807, 2.05) is 19.1 Å². The zero-order valence-electron chi connectivity index (χ0n) is 19.9. The second-order valence-electron chi connectivity index (χ2n) is 8.87. The Labute approximate surface area is 208 Å². The molecule has 0 aliphatic carbocycles. The predicted molar refractivity (Wildman–Crippen MR) is 136 cm³/mol. The Hall–Kier alpha value is -4.40. The number of rotatable bonds is 6. The Kier molecular flexibility index (Phi) is 6.28. The molecule has 0 radical (unpaired) electrons. The summed E-state index contributed by atoms with van der Waals surface area (Å²) in [6.07, 6.45) is 5.43. The number of nitro benzene ring substituents is 1. The van der Waals surface area contributed by atoms with Crippen LogP contribution in [0.4, 0.5) is 17.1 Å². The fraction of sp³-hybridized carbons (Fsp3) is 0.259. The molecule has 2 amide bonds. The van der Waals surface area contributed by atoms with Crippen molar-refractivity contribution >= 4 is 35.0 Å². The van der Waals surface area contributed by atoms with E-state index >= 15 is 0 Å². The number of benzene rings is 2. The van der Waals surface area contributed by atoms with Gasteiger partial charge in [-0.25, -0.2) is 5.01 Å². The molecule has 2 aliphatic rings. The van der Waals surface area contributed by atoms with Gasteiger partial charge in [0.05, 0.1) is 10.6 Å². The van der Waals surface area contributed by atoms with Gasteiger partial charge in [0.25, 0.3) is 17.5 Å². The number of nitrogens with zero attached hydrogens (tertiary/aromatic N) is 3. The van der Waals surface area contributed by atoms with Crippen molar-refractivity contribution in [2.75, 3.05) is 23.0 Å². The molecule has 0 bridgehead atoms. The third kappa shape index (κ3) is 4.47. The first kappa shape index (κ1) is 23.3. The number of amides is 2. The van der Waals surface area contributed by atoms with Crippen LogP contribution in [0.3, 0.4) is 0 Å². The molecule has 0 atom stereocenters. The quantitative estimate of drug-likeness (QED) is 0.230. The van der Waals surface area contributed by atoms with Crippen LogP contribution in [0.15, 0.2) is 64.6 Å². The molecule has 2 aliphatic heterocycles. The van der Waals surface area contributed by atoms with Crippen molar-refractivity contribution in [3.63, 3.8) is 0 Å². The molecule has 36 heavy (non-hydrogen) atoms. The minimum atomic E-state index is -0.529. The number of piperidine rings is 1. The van der Waals surface area contributed by atoms with Gasteiger partial charge < -0.3 is 9.32 Å². The minimum Gasteiger partial charge on any atom is -0.457 e. The summed E-state index contributed by atoms with van der Waals surface area (Å²) in [6.45, 7) is 3.64. The van der Waals surface area contributed by atoms with E-state index in [1.54, 1.807) is 36.4 Å². The summed E-state index contributed by atoms with van der Waals surface area (Å²) in [6, 6.07) is 15.7. The molecule has 9 nitrogen and oxygen atoms in total. The maximum Gasteiger partial charge on any atom is 0.293 e. The third-order valence-corrected chi connectivity index (χ3v) is 6.56. The molecule has 0 unspecified atom stereocenters. The van der Waals surface area contributed by atoms with E-state index < -0.39 is 11.8 Å². The number of anilines is 2. The molecule has 9 heteroatoms. The van der Waals surface area contributed by atoms with Crippen molar-refractivity contribution in [1.82, 2.24) is 5.43 Å². The lowest BCUT2D eigenvalue weighted by Gasteiger charge is -2.28. The molecular formula is C27H26N4O5. The fourth-order valence-electron chi connectivity index (χ4n) is 4.57.